The molecule has 3 heterocycles. The average Bonchev–Trinajstić information content (AvgIpc) is 3.04. The molecule has 0 amide bonds. The van der Waals surface area contributed by atoms with Crippen molar-refractivity contribution >= 4 is 11.3 Å². The minimum Gasteiger partial charge on any atom is -0.440 e. The summed E-state index contributed by atoms with van der Waals surface area (Å²) in [5, 5.41) is 2.09. The number of likely N-dealkylation sites (tertiary alicyclic amines) is 1. The van der Waals surface area contributed by atoms with Crippen molar-refractivity contribution in [1.82, 2.24) is 9.88 Å². The molecule has 3 rings (SSSR count). The second-order valence-corrected chi connectivity index (χ2v) is 6.33. The number of aromatic nitrogens is 1. The van der Waals surface area contributed by atoms with E-state index in [1.807, 2.05) is 6.92 Å². The fourth-order valence-electron chi connectivity index (χ4n) is 2.68. The average molecular weight is 276 g/mol. The minimum absolute atomic E-state index is 0.669. The van der Waals surface area contributed by atoms with Crippen molar-refractivity contribution in [3.63, 3.8) is 0 Å². The summed E-state index contributed by atoms with van der Waals surface area (Å²) < 4.78 is 5.86. The van der Waals surface area contributed by atoms with Crippen LogP contribution in [-0.2, 0) is 6.54 Å². The van der Waals surface area contributed by atoms with Gasteiger partial charge in [-0.05, 0) is 57.2 Å². The van der Waals surface area contributed by atoms with Crippen molar-refractivity contribution < 1.29 is 4.42 Å². The van der Waals surface area contributed by atoms with Gasteiger partial charge in [-0.2, -0.15) is 0 Å². The van der Waals surface area contributed by atoms with Gasteiger partial charge in [0.2, 0.25) is 5.89 Å². The number of rotatable bonds is 3. The summed E-state index contributed by atoms with van der Waals surface area (Å²) in [6, 6.07) is 2.78. The lowest BCUT2D eigenvalue weighted by molar-refractivity contribution is 0.256. The minimum atomic E-state index is 0.669. The molecule has 1 fully saturated rings. The third kappa shape index (κ3) is 2.47. The Bertz CT molecular complexity index is 572. The molecule has 1 saturated heterocycles. The number of thiophene rings is 1. The van der Waals surface area contributed by atoms with Crippen LogP contribution >= 0.6 is 11.3 Å². The number of hydrogen-bond acceptors (Lipinski definition) is 4. The summed E-state index contributed by atoms with van der Waals surface area (Å²) >= 11 is 1.70. The standard InChI is InChI=1S/C15H20N2OS/c1-10-6-8-19-14(10)15-16-13(12(3)18-15)9-17-7-4-5-11(17)2/h6,8,11H,4-5,7,9H2,1-3H3/t11-/m1/s1. The third-order valence-corrected chi connectivity index (χ3v) is 5.00. The van der Waals surface area contributed by atoms with Crippen LogP contribution in [0.4, 0.5) is 0 Å². The van der Waals surface area contributed by atoms with Crippen LogP contribution < -0.4 is 0 Å². The molecule has 0 aliphatic carbocycles. The molecule has 0 saturated carbocycles. The topological polar surface area (TPSA) is 29.3 Å². The Balaban J connectivity index is 1.84. The van der Waals surface area contributed by atoms with Gasteiger partial charge < -0.3 is 4.42 Å². The first-order chi connectivity index (χ1) is 9.15. The Morgan fingerprint density at radius 3 is 2.95 bits per heavy atom. The SMILES string of the molecule is Cc1ccsc1-c1nc(CN2CCC[C@H]2C)c(C)o1. The highest BCUT2D eigenvalue weighted by Gasteiger charge is 2.23. The van der Waals surface area contributed by atoms with Gasteiger partial charge in [-0.1, -0.05) is 0 Å². The Hall–Kier alpha value is -1.13. The molecule has 4 heteroatoms. The van der Waals surface area contributed by atoms with Crippen LogP contribution in [-0.4, -0.2) is 22.5 Å². The predicted octanol–water partition coefficient (Wildman–Crippen LogP) is 4.00. The largest absolute Gasteiger partial charge is 0.440 e. The number of oxazole rings is 1. The van der Waals surface area contributed by atoms with Gasteiger partial charge in [-0.25, -0.2) is 4.98 Å². The molecule has 3 nitrogen and oxygen atoms in total. The molecule has 2 aromatic rings. The van der Waals surface area contributed by atoms with Crippen molar-refractivity contribution in [2.75, 3.05) is 6.54 Å². The molecule has 1 aliphatic rings. The van der Waals surface area contributed by atoms with Gasteiger partial charge in [0.25, 0.3) is 0 Å². The molecule has 0 aromatic carbocycles. The van der Waals surface area contributed by atoms with E-state index >= 15 is 0 Å². The Morgan fingerprint density at radius 2 is 2.32 bits per heavy atom. The molecule has 0 N–H and O–H groups in total. The van der Waals surface area contributed by atoms with Gasteiger partial charge in [-0.3, -0.25) is 4.90 Å². The highest BCUT2D eigenvalue weighted by Crippen LogP contribution is 2.30. The van der Waals surface area contributed by atoms with Crippen molar-refractivity contribution in [2.24, 2.45) is 0 Å². The fraction of sp³-hybridized carbons (Fsp3) is 0.533. The number of hydrogen-bond donors (Lipinski definition) is 0. The zero-order chi connectivity index (χ0) is 13.4. The Kier molecular flexibility index (Phi) is 3.46. The quantitative estimate of drug-likeness (QED) is 0.848. The molecular weight excluding hydrogens is 256 g/mol. The first kappa shape index (κ1) is 12.9. The monoisotopic (exact) mass is 276 g/mol. The molecule has 2 aromatic heterocycles. The molecule has 1 aliphatic heterocycles. The highest BCUT2D eigenvalue weighted by atomic mass is 32.1. The summed E-state index contributed by atoms with van der Waals surface area (Å²) in [6.45, 7) is 8.53. The maximum atomic E-state index is 5.86. The zero-order valence-corrected chi connectivity index (χ0v) is 12.6. The summed E-state index contributed by atoms with van der Waals surface area (Å²) in [4.78, 5) is 8.37. The first-order valence-corrected chi connectivity index (χ1v) is 7.78. The Labute approximate surface area is 118 Å². The van der Waals surface area contributed by atoms with Crippen LogP contribution in [0.25, 0.3) is 10.8 Å². The van der Waals surface area contributed by atoms with Crippen molar-refractivity contribution in [3.05, 3.63) is 28.5 Å². The first-order valence-electron chi connectivity index (χ1n) is 6.90. The van der Waals surface area contributed by atoms with E-state index in [1.165, 1.54) is 24.9 Å². The lowest BCUT2D eigenvalue weighted by Gasteiger charge is -2.19. The molecule has 19 heavy (non-hydrogen) atoms. The van der Waals surface area contributed by atoms with Crippen LogP contribution in [0.3, 0.4) is 0 Å². The molecule has 102 valence electrons. The predicted molar refractivity (Wildman–Crippen MR) is 78.4 cm³/mol. The molecule has 0 bridgehead atoms. The van der Waals surface area contributed by atoms with Crippen LogP contribution in [0, 0.1) is 13.8 Å². The smallest absolute Gasteiger partial charge is 0.237 e. The van der Waals surface area contributed by atoms with Crippen LogP contribution in [0.2, 0.25) is 0 Å². The molecule has 1 atom stereocenters. The van der Waals surface area contributed by atoms with E-state index in [2.05, 4.69) is 30.2 Å². The Morgan fingerprint density at radius 1 is 1.47 bits per heavy atom. The van der Waals surface area contributed by atoms with Gasteiger partial charge in [0.15, 0.2) is 0 Å². The molecule has 0 spiro atoms. The second kappa shape index (κ2) is 5.10. The van der Waals surface area contributed by atoms with Crippen molar-refractivity contribution in [2.45, 2.75) is 46.2 Å². The summed E-state index contributed by atoms with van der Waals surface area (Å²) in [6.07, 6.45) is 2.60. The van der Waals surface area contributed by atoms with Gasteiger partial charge in [0.1, 0.15) is 5.76 Å². The normalized spacial score (nSPS) is 20.3. The molecule has 0 unspecified atom stereocenters. The van der Waals surface area contributed by atoms with E-state index in [9.17, 15) is 0 Å². The zero-order valence-electron chi connectivity index (χ0n) is 11.8. The highest BCUT2D eigenvalue weighted by molar-refractivity contribution is 7.13. The molecular formula is C15H20N2OS. The van der Waals surface area contributed by atoms with E-state index < -0.39 is 0 Å². The van der Waals surface area contributed by atoms with Gasteiger partial charge in [-0.15, -0.1) is 11.3 Å². The van der Waals surface area contributed by atoms with E-state index in [0.717, 1.165) is 28.8 Å². The molecule has 0 radical (unpaired) electrons. The van der Waals surface area contributed by atoms with Crippen molar-refractivity contribution in [1.29, 1.82) is 0 Å². The lowest BCUT2D eigenvalue weighted by atomic mass is 10.2. The summed E-state index contributed by atoms with van der Waals surface area (Å²) in [7, 11) is 0. The van der Waals surface area contributed by atoms with Gasteiger partial charge in [0, 0.05) is 12.6 Å². The van der Waals surface area contributed by atoms with E-state index in [1.54, 1.807) is 11.3 Å². The van der Waals surface area contributed by atoms with Crippen LogP contribution in [0.15, 0.2) is 15.9 Å². The van der Waals surface area contributed by atoms with Crippen LogP contribution in [0.1, 0.15) is 36.8 Å². The summed E-state index contributed by atoms with van der Waals surface area (Å²) in [5.41, 5.74) is 2.34. The summed E-state index contributed by atoms with van der Waals surface area (Å²) in [5.74, 6) is 1.74. The fourth-order valence-corrected chi connectivity index (χ4v) is 3.53. The number of nitrogens with zero attached hydrogens (tertiary/aromatic N) is 2. The second-order valence-electron chi connectivity index (χ2n) is 5.42. The maximum absolute atomic E-state index is 5.86. The van der Waals surface area contributed by atoms with E-state index in [-0.39, 0.29) is 0 Å². The number of aryl methyl sites for hydroxylation is 2. The van der Waals surface area contributed by atoms with Crippen LogP contribution in [0.5, 0.6) is 0 Å². The van der Waals surface area contributed by atoms with E-state index in [0.29, 0.717) is 6.04 Å². The lowest BCUT2D eigenvalue weighted by Crippen LogP contribution is -2.26. The van der Waals surface area contributed by atoms with Gasteiger partial charge >= 0.3 is 0 Å². The maximum Gasteiger partial charge on any atom is 0.237 e. The van der Waals surface area contributed by atoms with E-state index in [4.69, 9.17) is 9.40 Å². The third-order valence-electron chi connectivity index (χ3n) is 3.99. The van der Waals surface area contributed by atoms with Gasteiger partial charge in [0.05, 0.1) is 10.6 Å². The van der Waals surface area contributed by atoms with Crippen molar-refractivity contribution in [3.8, 4) is 10.8 Å².